The molecule has 3 nitrogen and oxygen atoms in total. The van der Waals surface area contributed by atoms with Gasteiger partial charge < -0.3 is 9.16 Å². The van der Waals surface area contributed by atoms with Gasteiger partial charge >= 0.3 is 5.97 Å². The number of hydrogen-bond acceptors (Lipinski definition) is 3. The van der Waals surface area contributed by atoms with Gasteiger partial charge in [-0.25, -0.2) is 4.79 Å². The molecule has 0 aromatic carbocycles. The molecule has 0 aliphatic rings. The molecule has 0 saturated carbocycles. The zero-order chi connectivity index (χ0) is 8.69. The molecule has 0 atom stereocenters. The summed E-state index contributed by atoms with van der Waals surface area (Å²) in [7, 11) is 0.442. The lowest BCUT2D eigenvalue weighted by atomic mass is 10.4. The Morgan fingerprint density at radius 1 is 1.55 bits per heavy atom. The Kier molecular flexibility index (Phi) is 5.78. The summed E-state index contributed by atoms with van der Waals surface area (Å²) in [4.78, 5) is 10.7. The van der Waals surface area contributed by atoms with Crippen LogP contribution < -0.4 is 0 Å². The lowest BCUT2D eigenvalue weighted by molar-refractivity contribution is -0.139. The first-order chi connectivity index (χ1) is 5.18. The van der Waals surface area contributed by atoms with Crippen LogP contribution in [0.2, 0.25) is 6.55 Å². The molecule has 0 aliphatic carbocycles. The summed E-state index contributed by atoms with van der Waals surface area (Å²) in [5, 5.41) is 0. The fourth-order valence-electron chi connectivity index (χ4n) is 0.401. The number of rotatable bonds is 5. The zero-order valence-electron chi connectivity index (χ0n) is 6.85. The largest absolute Gasteiger partial charge is 0.460 e. The molecule has 4 heteroatoms. The lowest BCUT2D eigenvalue weighted by Gasteiger charge is -2.02. The molecule has 11 heavy (non-hydrogen) atoms. The van der Waals surface area contributed by atoms with Crippen LogP contribution in [-0.4, -0.2) is 28.9 Å². The highest BCUT2D eigenvalue weighted by Crippen LogP contribution is 1.90. The van der Waals surface area contributed by atoms with Crippen molar-refractivity contribution in [3.05, 3.63) is 12.2 Å². The smallest absolute Gasteiger partial charge is 0.333 e. The third kappa shape index (κ3) is 5.81. The predicted molar refractivity (Wildman–Crippen MR) is 43.3 cm³/mol. The van der Waals surface area contributed by atoms with Crippen LogP contribution >= 0.6 is 0 Å². The Balaban J connectivity index is 3.25. The molecular formula is C7H12O3Si. The third-order valence-electron chi connectivity index (χ3n) is 0.911. The maximum Gasteiger partial charge on any atom is 0.333 e. The second-order valence-electron chi connectivity index (χ2n) is 1.97. The Labute approximate surface area is 69.3 Å². The van der Waals surface area contributed by atoms with Gasteiger partial charge in [0.15, 0.2) is 0 Å². The number of carbonyl (C=O) groups is 1. The number of ether oxygens (including phenoxy) is 1. The quantitative estimate of drug-likeness (QED) is 0.266. The van der Waals surface area contributed by atoms with Gasteiger partial charge in [-0.2, -0.15) is 0 Å². The van der Waals surface area contributed by atoms with E-state index in [1.165, 1.54) is 0 Å². The maximum absolute atomic E-state index is 10.7. The van der Waals surface area contributed by atoms with Crippen molar-refractivity contribution < 1.29 is 14.0 Å². The monoisotopic (exact) mass is 172 g/mol. The molecule has 0 bridgehead atoms. The van der Waals surface area contributed by atoms with Crippen molar-refractivity contribution >= 4 is 15.7 Å². The van der Waals surface area contributed by atoms with Gasteiger partial charge in [0.25, 0.3) is 0 Å². The molecule has 0 heterocycles. The summed E-state index contributed by atoms with van der Waals surface area (Å²) in [5.74, 6) is -0.354. The van der Waals surface area contributed by atoms with Crippen molar-refractivity contribution in [2.75, 3.05) is 13.2 Å². The SMILES string of the molecule is C=C(C)C(=O)OCCO[Si]C. The Hall–Kier alpha value is -0.613. The summed E-state index contributed by atoms with van der Waals surface area (Å²) in [6.45, 7) is 7.75. The first-order valence-corrected chi connectivity index (χ1v) is 4.70. The summed E-state index contributed by atoms with van der Waals surface area (Å²) in [6.07, 6.45) is 0. The van der Waals surface area contributed by atoms with Crippen LogP contribution in [0.25, 0.3) is 0 Å². The average Bonchev–Trinajstić information content (AvgIpc) is 1.97. The Morgan fingerprint density at radius 2 is 2.18 bits per heavy atom. The third-order valence-corrected chi connectivity index (χ3v) is 1.40. The van der Waals surface area contributed by atoms with Crippen molar-refractivity contribution in [3.63, 3.8) is 0 Å². The highest BCUT2D eigenvalue weighted by atomic mass is 28.2. The lowest BCUT2D eigenvalue weighted by Crippen LogP contribution is -2.11. The van der Waals surface area contributed by atoms with E-state index in [1.54, 1.807) is 6.92 Å². The molecule has 0 fully saturated rings. The van der Waals surface area contributed by atoms with Gasteiger partial charge in [-0.15, -0.1) is 0 Å². The predicted octanol–water partition coefficient (Wildman–Crippen LogP) is 0.790. The highest BCUT2D eigenvalue weighted by Gasteiger charge is 2.00. The van der Waals surface area contributed by atoms with E-state index in [9.17, 15) is 4.79 Å². The highest BCUT2D eigenvalue weighted by molar-refractivity contribution is 6.24. The summed E-state index contributed by atoms with van der Waals surface area (Å²) in [6, 6.07) is 0. The van der Waals surface area contributed by atoms with E-state index in [2.05, 4.69) is 6.58 Å². The van der Waals surface area contributed by atoms with Crippen LogP contribution in [0, 0.1) is 0 Å². The zero-order valence-corrected chi connectivity index (χ0v) is 7.85. The minimum atomic E-state index is -0.354. The van der Waals surface area contributed by atoms with Crippen molar-refractivity contribution in [1.29, 1.82) is 0 Å². The van der Waals surface area contributed by atoms with E-state index < -0.39 is 0 Å². The molecule has 0 aliphatic heterocycles. The van der Waals surface area contributed by atoms with Crippen molar-refractivity contribution in [2.45, 2.75) is 13.5 Å². The maximum atomic E-state index is 10.7. The number of esters is 1. The van der Waals surface area contributed by atoms with E-state index in [4.69, 9.17) is 9.16 Å². The van der Waals surface area contributed by atoms with Gasteiger partial charge in [0.2, 0.25) is 9.76 Å². The minimum absolute atomic E-state index is 0.312. The van der Waals surface area contributed by atoms with E-state index in [-0.39, 0.29) is 5.97 Å². The fourth-order valence-corrected chi connectivity index (χ4v) is 0.689. The summed E-state index contributed by atoms with van der Waals surface area (Å²) >= 11 is 0. The van der Waals surface area contributed by atoms with Crippen molar-refractivity contribution in [2.24, 2.45) is 0 Å². The first-order valence-electron chi connectivity index (χ1n) is 3.29. The molecular weight excluding hydrogens is 160 g/mol. The minimum Gasteiger partial charge on any atom is -0.460 e. The van der Waals surface area contributed by atoms with Crippen LogP contribution in [-0.2, 0) is 14.0 Å². The van der Waals surface area contributed by atoms with Gasteiger partial charge in [-0.3, -0.25) is 0 Å². The van der Waals surface area contributed by atoms with E-state index in [0.29, 0.717) is 28.5 Å². The topological polar surface area (TPSA) is 35.5 Å². The second-order valence-corrected chi connectivity index (χ2v) is 2.67. The average molecular weight is 172 g/mol. The standard InChI is InChI=1S/C7H12O3Si/c1-6(2)7(8)9-4-5-10-11-3/h1,4-5H2,2-3H3. The molecule has 0 aromatic heterocycles. The molecule has 0 aromatic rings. The molecule has 0 saturated heterocycles. The van der Waals surface area contributed by atoms with Gasteiger partial charge in [0.05, 0.1) is 6.61 Å². The molecule has 0 rings (SSSR count). The number of carbonyl (C=O) groups excluding carboxylic acids is 1. The first kappa shape index (κ1) is 10.4. The van der Waals surface area contributed by atoms with Gasteiger partial charge in [-0.05, 0) is 13.5 Å². The van der Waals surface area contributed by atoms with E-state index in [1.807, 2.05) is 6.55 Å². The van der Waals surface area contributed by atoms with Crippen LogP contribution in [0.1, 0.15) is 6.92 Å². The van der Waals surface area contributed by atoms with Crippen LogP contribution in [0.5, 0.6) is 0 Å². The summed E-state index contributed by atoms with van der Waals surface area (Å²) < 4.78 is 9.73. The molecule has 0 amide bonds. The Bertz CT molecular complexity index is 145. The molecule has 0 spiro atoms. The van der Waals surface area contributed by atoms with Crippen LogP contribution in [0.3, 0.4) is 0 Å². The normalized spacial score (nSPS) is 9.27. The van der Waals surface area contributed by atoms with Gasteiger partial charge in [0, 0.05) is 5.57 Å². The van der Waals surface area contributed by atoms with Crippen LogP contribution in [0.15, 0.2) is 12.2 Å². The van der Waals surface area contributed by atoms with E-state index in [0.717, 1.165) is 0 Å². The molecule has 0 N–H and O–H groups in total. The number of hydrogen-bond donors (Lipinski definition) is 0. The molecule has 0 unspecified atom stereocenters. The van der Waals surface area contributed by atoms with Crippen molar-refractivity contribution in [3.8, 4) is 0 Å². The van der Waals surface area contributed by atoms with Crippen molar-refractivity contribution in [1.82, 2.24) is 0 Å². The second kappa shape index (κ2) is 6.12. The molecule has 62 valence electrons. The van der Waals surface area contributed by atoms with Gasteiger partial charge in [-0.1, -0.05) is 6.58 Å². The van der Waals surface area contributed by atoms with Gasteiger partial charge in [0.1, 0.15) is 6.61 Å². The Morgan fingerprint density at radius 3 is 2.64 bits per heavy atom. The van der Waals surface area contributed by atoms with Crippen LogP contribution in [0.4, 0.5) is 0 Å². The summed E-state index contributed by atoms with van der Waals surface area (Å²) in [5.41, 5.74) is 0.420. The fraction of sp³-hybridized carbons (Fsp3) is 0.571. The molecule has 2 radical (unpaired) electrons. The van der Waals surface area contributed by atoms with E-state index >= 15 is 0 Å².